The molecule has 0 saturated carbocycles. The molecule has 3 aromatic carbocycles. The molecule has 0 aliphatic heterocycles. The van der Waals surface area contributed by atoms with E-state index in [0.717, 1.165) is 38.9 Å². The van der Waals surface area contributed by atoms with Crippen LogP contribution in [0.15, 0.2) is 85.4 Å². The minimum absolute atomic E-state index is 0.351. The standard InChI is InChI=1S/C24H19NO2/c1-16(17-9-5-3-6-10-17)22-20-15-19(24(26)27-2)13-14-21(20)25-23(22)18-11-7-4-8-12-18/h3-15,25H,1H2,2H3. The van der Waals surface area contributed by atoms with Gasteiger partial charge in [-0.3, -0.25) is 0 Å². The number of esters is 1. The summed E-state index contributed by atoms with van der Waals surface area (Å²) in [6, 6.07) is 25.8. The van der Waals surface area contributed by atoms with Crippen LogP contribution in [0, 0.1) is 0 Å². The second kappa shape index (κ2) is 6.96. The number of hydrogen-bond acceptors (Lipinski definition) is 2. The number of methoxy groups -OCH3 is 1. The molecular weight excluding hydrogens is 334 g/mol. The van der Waals surface area contributed by atoms with E-state index in [-0.39, 0.29) is 5.97 Å². The Bertz CT molecular complexity index is 1130. The van der Waals surface area contributed by atoms with Gasteiger partial charge in [-0.15, -0.1) is 0 Å². The van der Waals surface area contributed by atoms with E-state index in [0.29, 0.717) is 5.56 Å². The van der Waals surface area contributed by atoms with Gasteiger partial charge in [0.15, 0.2) is 0 Å². The second-order valence-electron chi connectivity index (χ2n) is 6.34. The number of H-pyrrole nitrogens is 1. The summed E-state index contributed by atoms with van der Waals surface area (Å²) in [6.07, 6.45) is 0. The summed E-state index contributed by atoms with van der Waals surface area (Å²) in [4.78, 5) is 15.5. The van der Waals surface area contributed by atoms with Gasteiger partial charge in [-0.1, -0.05) is 67.2 Å². The van der Waals surface area contributed by atoms with Crippen molar-refractivity contribution >= 4 is 22.4 Å². The first-order valence-corrected chi connectivity index (χ1v) is 8.73. The Morgan fingerprint density at radius 1 is 0.889 bits per heavy atom. The van der Waals surface area contributed by atoms with Crippen molar-refractivity contribution in [2.45, 2.75) is 0 Å². The van der Waals surface area contributed by atoms with E-state index >= 15 is 0 Å². The molecule has 0 spiro atoms. The minimum Gasteiger partial charge on any atom is -0.465 e. The lowest BCUT2D eigenvalue weighted by Gasteiger charge is -2.09. The van der Waals surface area contributed by atoms with Gasteiger partial charge in [0.25, 0.3) is 0 Å². The van der Waals surface area contributed by atoms with Crippen LogP contribution in [0.1, 0.15) is 21.5 Å². The Morgan fingerprint density at radius 2 is 1.56 bits per heavy atom. The van der Waals surface area contributed by atoms with Crippen LogP contribution in [0.3, 0.4) is 0 Å². The molecule has 1 N–H and O–H groups in total. The number of benzene rings is 3. The SMILES string of the molecule is C=C(c1ccccc1)c1c(-c2ccccc2)[nH]c2ccc(C(=O)OC)cc12. The largest absolute Gasteiger partial charge is 0.465 e. The summed E-state index contributed by atoms with van der Waals surface area (Å²) in [5.74, 6) is -0.351. The molecule has 27 heavy (non-hydrogen) atoms. The highest BCUT2D eigenvalue weighted by molar-refractivity contribution is 6.05. The topological polar surface area (TPSA) is 42.1 Å². The van der Waals surface area contributed by atoms with Crippen molar-refractivity contribution in [1.82, 2.24) is 4.98 Å². The summed E-state index contributed by atoms with van der Waals surface area (Å²) in [7, 11) is 1.39. The summed E-state index contributed by atoms with van der Waals surface area (Å²) >= 11 is 0. The van der Waals surface area contributed by atoms with Gasteiger partial charge in [0.1, 0.15) is 0 Å². The lowest BCUT2D eigenvalue weighted by Crippen LogP contribution is -2.00. The van der Waals surface area contributed by atoms with Crippen LogP contribution in [-0.4, -0.2) is 18.1 Å². The van der Waals surface area contributed by atoms with Gasteiger partial charge in [-0.25, -0.2) is 4.79 Å². The quantitative estimate of drug-likeness (QED) is 0.479. The molecule has 3 nitrogen and oxygen atoms in total. The average Bonchev–Trinajstić information content (AvgIpc) is 3.12. The molecular formula is C24H19NO2. The fourth-order valence-corrected chi connectivity index (χ4v) is 3.36. The van der Waals surface area contributed by atoms with Crippen LogP contribution < -0.4 is 0 Å². The van der Waals surface area contributed by atoms with E-state index in [1.807, 2.05) is 60.7 Å². The van der Waals surface area contributed by atoms with Gasteiger partial charge in [0.05, 0.1) is 18.4 Å². The highest BCUT2D eigenvalue weighted by Crippen LogP contribution is 2.37. The number of fused-ring (bicyclic) bond motifs is 1. The molecule has 0 aliphatic carbocycles. The third-order valence-corrected chi connectivity index (χ3v) is 4.71. The predicted molar refractivity (Wildman–Crippen MR) is 110 cm³/mol. The number of hydrogen-bond donors (Lipinski definition) is 1. The molecule has 3 heteroatoms. The number of nitrogens with one attached hydrogen (secondary N) is 1. The van der Waals surface area contributed by atoms with Gasteiger partial charge in [0.2, 0.25) is 0 Å². The zero-order valence-electron chi connectivity index (χ0n) is 15.0. The van der Waals surface area contributed by atoms with Crippen molar-refractivity contribution in [3.05, 3.63) is 102 Å². The molecule has 1 aromatic heterocycles. The van der Waals surface area contributed by atoms with Crippen molar-refractivity contribution in [3.63, 3.8) is 0 Å². The maximum Gasteiger partial charge on any atom is 0.337 e. The number of carbonyl (C=O) groups excluding carboxylic acids is 1. The van der Waals surface area contributed by atoms with Crippen LogP contribution in [0.4, 0.5) is 0 Å². The summed E-state index contributed by atoms with van der Waals surface area (Å²) in [5, 5.41) is 0.950. The summed E-state index contributed by atoms with van der Waals surface area (Å²) < 4.78 is 4.89. The third kappa shape index (κ3) is 3.04. The fourth-order valence-electron chi connectivity index (χ4n) is 3.36. The van der Waals surface area contributed by atoms with E-state index in [4.69, 9.17) is 4.74 Å². The molecule has 0 saturated heterocycles. The van der Waals surface area contributed by atoms with Crippen LogP contribution >= 0.6 is 0 Å². The molecule has 132 valence electrons. The van der Waals surface area contributed by atoms with Crippen LogP contribution in [0.25, 0.3) is 27.7 Å². The molecule has 1 heterocycles. The Balaban J connectivity index is 1.99. The maximum absolute atomic E-state index is 12.0. The fraction of sp³-hybridized carbons (Fsp3) is 0.0417. The normalized spacial score (nSPS) is 10.7. The highest BCUT2D eigenvalue weighted by atomic mass is 16.5. The average molecular weight is 353 g/mol. The van der Waals surface area contributed by atoms with Gasteiger partial charge in [-0.2, -0.15) is 0 Å². The molecule has 0 amide bonds. The zero-order valence-corrected chi connectivity index (χ0v) is 15.0. The number of aromatic amines is 1. The van der Waals surface area contributed by atoms with E-state index in [9.17, 15) is 4.79 Å². The van der Waals surface area contributed by atoms with Crippen LogP contribution in [0.2, 0.25) is 0 Å². The first-order valence-electron chi connectivity index (χ1n) is 8.73. The summed E-state index contributed by atoms with van der Waals surface area (Å²) in [5.41, 5.74) is 6.47. The Morgan fingerprint density at radius 3 is 2.22 bits per heavy atom. The maximum atomic E-state index is 12.0. The smallest absolute Gasteiger partial charge is 0.337 e. The third-order valence-electron chi connectivity index (χ3n) is 4.71. The van der Waals surface area contributed by atoms with Crippen molar-refractivity contribution in [2.75, 3.05) is 7.11 Å². The number of aromatic nitrogens is 1. The molecule has 4 rings (SSSR count). The molecule has 0 radical (unpaired) electrons. The molecule has 0 unspecified atom stereocenters. The second-order valence-corrected chi connectivity index (χ2v) is 6.34. The highest BCUT2D eigenvalue weighted by Gasteiger charge is 2.18. The first kappa shape index (κ1) is 16.9. The van der Waals surface area contributed by atoms with Crippen molar-refractivity contribution in [2.24, 2.45) is 0 Å². The molecule has 0 aliphatic rings. The monoisotopic (exact) mass is 353 g/mol. The molecule has 4 aromatic rings. The number of ether oxygens (including phenoxy) is 1. The predicted octanol–water partition coefficient (Wildman–Crippen LogP) is 5.68. The van der Waals surface area contributed by atoms with E-state index in [1.165, 1.54) is 7.11 Å². The van der Waals surface area contributed by atoms with Crippen molar-refractivity contribution < 1.29 is 9.53 Å². The minimum atomic E-state index is -0.351. The Kier molecular flexibility index (Phi) is 4.35. The van der Waals surface area contributed by atoms with E-state index in [1.54, 1.807) is 6.07 Å². The van der Waals surface area contributed by atoms with Crippen molar-refractivity contribution in [1.29, 1.82) is 0 Å². The van der Waals surface area contributed by atoms with Crippen molar-refractivity contribution in [3.8, 4) is 11.3 Å². The zero-order chi connectivity index (χ0) is 18.8. The van der Waals surface area contributed by atoms with Gasteiger partial charge in [-0.05, 0) is 34.9 Å². The van der Waals surface area contributed by atoms with E-state index < -0.39 is 0 Å². The van der Waals surface area contributed by atoms with E-state index in [2.05, 4.69) is 23.7 Å². The van der Waals surface area contributed by atoms with Crippen LogP contribution in [-0.2, 0) is 4.74 Å². The lowest BCUT2D eigenvalue weighted by atomic mass is 9.94. The number of rotatable bonds is 4. The van der Waals surface area contributed by atoms with Gasteiger partial charge in [0, 0.05) is 16.5 Å². The molecule has 0 fully saturated rings. The van der Waals surface area contributed by atoms with Crippen LogP contribution in [0.5, 0.6) is 0 Å². The Labute approximate surface area is 157 Å². The molecule has 0 atom stereocenters. The van der Waals surface area contributed by atoms with Gasteiger partial charge >= 0.3 is 5.97 Å². The Hall–Kier alpha value is -3.59. The number of carbonyl (C=O) groups is 1. The first-order chi connectivity index (χ1) is 13.2. The summed E-state index contributed by atoms with van der Waals surface area (Å²) in [6.45, 7) is 4.36. The lowest BCUT2D eigenvalue weighted by molar-refractivity contribution is 0.0601. The van der Waals surface area contributed by atoms with Gasteiger partial charge < -0.3 is 9.72 Å². The molecule has 0 bridgehead atoms.